The first-order valence-electron chi connectivity index (χ1n) is 50.4. The van der Waals surface area contributed by atoms with Gasteiger partial charge in [0, 0.05) is 84.3 Å². The third-order valence-corrected chi connectivity index (χ3v) is 31.6. The summed E-state index contributed by atoms with van der Waals surface area (Å²) < 4.78 is 2.58. The molecule has 19 aromatic rings. The van der Waals surface area contributed by atoms with Gasteiger partial charge in [0.05, 0.1) is 33.5 Å². The largest absolute Gasteiger partial charge is 0.311 e. The lowest BCUT2D eigenvalue weighted by Crippen LogP contribution is -2.65. The van der Waals surface area contributed by atoms with Crippen molar-refractivity contribution < 1.29 is 0 Å². The minimum atomic E-state index is -0.682. The van der Waals surface area contributed by atoms with Gasteiger partial charge in [-0.05, 0) is 274 Å². The second kappa shape index (κ2) is 31.0. The molecule has 0 radical (unpaired) electrons. The highest BCUT2D eigenvalue weighted by Gasteiger charge is 2.55. The Morgan fingerprint density at radius 3 is 1.01 bits per heavy atom. The van der Waals surface area contributed by atoms with Crippen LogP contribution in [0, 0.1) is 0 Å². The minimum Gasteiger partial charge on any atom is -0.311 e. The number of anilines is 12. The average molecular weight is 1810 g/mol. The maximum atomic E-state index is 2.82. The van der Waals surface area contributed by atoms with E-state index in [1.807, 2.05) is 0 Å². The molecule has 0 atom stereocenters. The molecule has 0 bridgehead atoms. The van der Waals surface area contributed by atoms with Crippen LogP contribution in [0.2, 0.25) is 0 Å². The highest BCUT2D eigenvalue weighted by molar-refractivity contribution is 7.03. The third-order valence-electron chi connectivity index (χ3n) is 31.6. The molecular formula is C133H117B2N5. The Kier molecular flexibility index (Phi) is 19.2. The van der Waals surface area contributed by atoms with Gasteiger partial charge in [-0.3, -0.25) is 0 Å². The Morgan fingerprint density at radius 2 is 0.550 bits per heavy atom. The van der Waals surface area contributed by atoms with Gasteiger partial charge in [0.1, 0.15) is 0 Å². The van der Waals surface area contributed by atoms with Crippen molar-refractivity contribution in [2.24, 2.45) is 0 Å². The summed E-state index contributed by atoms with van der Waals surface area (Å²) in [7, 11) is 0. The molecule has 25 rings (SSSR count). The summed E-state index contributed by atoms with van der Waals surface area (Å²) >= 11 is 0. The van der Waals surface area contributed by atoms with E-state index in [-0.39, 0.29) is 45.9 Å². The Balaban J connectivity index is 0.884. The van der Waals surface area contributed by atoms with Crippen molar-refractivity contribution in [1.82, 2.24) is 4.57 Å². The molecule has 140 heavy (non-hydrogen) atoms. The van der Waals surface area contributed by atoms with E-state index in [1.165, 1.54) is 127 Å². The number of benzene rings is 18. The summed E-state index contributed by atoms with van der Waals surface area (Å²) in [5.74, 6) is 0. The van der Waals surface area contributed by atoms with E-state index in [9.17, 15) is 0 Å². The number of rotatable bonds is 9. The standard InChI is InChI=1S/C133H117B2N5/c1-127(2,3)86-65-66-114(102(75-86)82-43-22-19-23-44-82)139-117-81-118-111(80-110(117)134-108-59-36-40-63-115(108)137(92-71-87(128(4,5)6)69-88(72-92)129(7,8)9)119-67-85(68-120(139)124(119)134)95-54-42-55-101-98-51-30-35-58-107(98)133(123(95)101)105-56-33-28-49-96(105)97-50-29-34-57-106(97)133)135-109-60-37-41-64-116(109)138(93-73-89(130(10,11)12)70-90(74-93)131(13,14)15)121-78-94(136-112-61-38-31-52-99(112)100-53-32-39-62-113(100)136)79-122(125(121)135)140(118)126-103(83-45-24-20-25-46-83)76-91(132(16,17)18)77-104(126)84-47-26-21-27-48-84/h19-81H,1-18H3. The highest BCUT2D eigenvalue weighted by Crippen LogP contribution is 2.66. The summed E-state index contributed by atoms with van der Waals surface area (Å²) in [6, 6.07) is 151. The quantitative estimate of drug-likeness (QED) is 0.134. The molecule has 7 heteroatoms. The molecule has 2 aliphatic carbocycles. The lowest BCUT2D eigenvalue weighted by Gasteiger charge is -2.48. The van der Waals surface area contributed by atoms with Gasteiger partial charge >= 0.3 is 0 Å². The van der Waals surface area contributed by atoms with Crippen molar-refractivity contribution in [3.63, 3.8) is 0 Å². The zero-order valence-electron chi connectivity index (χ0n) is 83.8. The Hall–Kier alpha value is -14.9. The van der Waals surface area contributed by atoms with Crippen molar-refractivity contribution in [2.75, 3.05) is 19.6 Å². The van der Waals surface area contributed by atoms with E-state index in [1.54, 1.807) is 0 Å². The van der Waals surface area contributed by atoms with E-state index >= 15 is 0 Å². The van der Waals surface area contributed by atoms with Crippen molar-refractivity contribution in [3.05, 3.63) is 438 Å². The van der Waals surface area contributed by atoms with Gasteiger partial charge in [0.15, 0.2) is 0 Å². The van der Waals surface area contributed by atoms with Crippen LogP contribution in [0.25, 0.3) is 94.3 Å². The van der Waals surface area contributed by atoms with Gasteiger partial charge in [0.2, 0.25) is 0 Å². The zero-order valence-corrected chi connectivity index (χ0v) is 83.8. The van der Waals surface area contributed by atoms with Crippen LogP contribution in [-0.4, -0.2) is 18.0 Å². The first-order chi connectivity index (χ1) is 67.3. The topological polar surface area (TPSA) is 17.9 Å². The molecule has 5 heterocycles. The molecular weight excluding hydrogens is 1690 g/mol. The smallest absolute Gasteiger partial charge is 0.252 e. The Bertz CT molecular complexity index is 8160. The number of hydrogen-bond acceptors (Lipinski definition) is 4. The average Bonchev–Trinajstić information content (AvgIpc) is 1.28. The number of para-hydroxylation sites is 4. The zero-order chi connectivity index (χ0) is 96.1. The predicted octanol–water partition coefficient (Wildman–Crippen LogP) is 31.7. The number of fused-ring (bicyclic) bond motifs is 21. The van der Waals surface area contributed by atoms with E-state index < -0.39 is 5.41 Å². The molecule has 18 aromatic carbocycles. The second-order valence-corrected chi connectivity index (χ2v) is 46.4. The third kappa shape index (κ3) is 13.2. The summed E-state index contributed by atoms with van der Waals surface area (Å²) in [6.45, 7) is 42.3. The van der Waals surface area contributed by atoms with Crippen LogP contribution in [0.3, 0.4) is 0 Å². The van der Waals surface area contributed by atoms with Crippen LogP contribution < -0.4 is 52.4 Å². The minimum absolute atomic E-state index is 0.203. The van der Waals surface area contributed by atoms with Crippen LogP contribution in [-0.2, 0) is 37.9 Å². The van der Waals surface area contributed by atoms with Gasteiger partial charge in [-0.2, -0.15) is 0 Å². The second-order valence-electron chi connectivity index (χ2n) is 46.4. The van der Waals surface area contributed by atoms with E-state index in [0.29, 0.717) is 0 Å². The summed E-state index contributed by atoms with van der Waals surface area (Å²) in [6.07, 6.45) is 0. The molecule has 0 fully saturated rings. The lowest BCUT2D eigenvalue weighted by molar-refractivity contribution is 0.568. The maximum absolute atomic E-state index is 2.82. The molecule has 0 saturated heterocycles. The van der Waals surface area contributed by atoms with Crippen molar-refractivity contribution in [1.29, 1.82) is 0 Å². The highest BCUT2D eigenvalue weighted by atomic mass is 15.2. The molecule has 0 unspecified atom stereocenters. The van der Waals surface area contributed by atoms with Crippen LogP contribution in [0.1, 0.15) is 180 Å². The molecule has 1 aromatic heterocycles. The molecule has 680 valence electrons. The first kappa shape index (κ1) is 86.7. The van der Waals surface area contributed by atoms with E-state index in [0.717, 1.165) is 124 Å². The molecule has 0 amide bonds. The van der Waals surface area contributed by atoms with Gasteiger partial charge in [-0.25, -0.2) is 0 Å². The number of nitrogens with zero attached hydrogens (tertiary/aromatic N) is 5. The SMILES string of the molecule is CC(C)(C)c1cc(N2c3ccccc3B3c4cc5c(cc4N(c4ccc(C(C)(C)C)cc4-c4ccccc4)c4cc(-c6cccc7c6C6(c8ccccc8-c8ccccc86)c6ccccc6-7)cc2c43)N(c2c(-c3ccccc3)cc(C(C)(C)C)cc2-c2ccccc2)c2cc(-n3c4ccccc4c4ccccc43)cc3c2B5c2ccccc2N3c2cc(C(C)(C)C)cc(C(C)(C)C)c2)cc(C(C)(C)C)c1. The van der Waals surface area contributed by atoms with Gasteiger partial charge in [0.25, 0.3) is 13.4 Å². The fourth-order valence-electron chi connectivity index (χ4n) is 24.6. The first-order valence-corrected chi connectivity index (χ1v) is 50.4. The normalized spacial score (nSPS) is 14.2. The molecule has 1 spiro atoms. The summed E-state index contributed by atoms with van der Waals surface area (Å²) in [4.78, 5) is 11.0. The van der Waals surface area contributed by atoms with Crippen molar-refractivity contribution in [2.45, 2.75) is 163 Å². The summed E-state index contributed by atoms with van der Waals surface area (Å²) in [5.41, 5.74) is 49.5. The van der Waals surface area contributed by atoms with Crippen LogP contribution in [0.5, 0.6) is 0 Å². The molecule has 0 N–H and O–H groups in total. The van der Waals surface area contributed by atoms with E-state index in [2.05, 4.69) is 531 Å². The molecule has 6 aliphatic rings. The van der Waals surface area contributed by atoms with Crippen molar-refractivity contribution >= 4 is 136 Å². The fourth-order valence-corrected chi connectivity index (χ4v) is 24.6. The fraction of sp³-hybridized carbons (Fsp3) is 0.188. The van der Waals surface area contributed by atoms with Gasteiger partial charge < -0.3 is 24.2 Å². The summed E-state index contributed by atoms with van der Waals surface area (Å²) in [5, 5.41) is 2.42. The lowest BCUT2D eigenvalue weighted by atomic mass is 9.30. The van der Waals surface area contributed by atoms with Crippen LogP contribution in [0.4, 0.5) is 68.2 Å². The van der Waals surface area contributed by atoms with E-state index in [4.69, 9.17) is 0 Å². The predicted molar refractivity (Wildman–Crippen MR) is 599 cm³/mol. The maximum Gasteiger partial charge on any atom is 0.252 e. The Morgan fingerprint density at radius 1 is 0.200 bits per heavy atom. The number of hydrogen-bond donors (Lipinski definition) is 0. The van der Waals surface area contributed by atoms with Gasteiger partial charge in [-0.1, -0.05) is 404 Å². The molecule has 5 nitrogen and oxygen atoms in total. The molecule has 0 saturated carbocycles. The van der Waals surface area contributed by atoms with Crippen LogP contribution >= 0.6 is 0 Å². The van der Waals surface area contributed by atoms with Crippen molar-refractivity contribution in [3.8, 4) is 72.4 Å². The monoisotopic (exact) mass is 1810 g/mol. The number of aromatic nitrogens is 1. The van der Waals surface area contributed by atoms with Crippen LogP contribution in [0.15, 0.2) is 382 Å². The molecule has 4 aliphatic heterocycles. The van der Waals surface area contributed by atoms with Gasteiger partial charge in [-0.15, -0.1) is 0 Å². The Labute approximate surface area is 827 Å².